The molecule has 0 radical (unpaired) electrons. The first kappa shape index (κ1) is 10.3. The zero-order chi connectivity index (χ0) is 11.8. The van der Waals surface area contributed by atoms with Gasteiger partial charge in [0, 0.05) is 18.8 Å². The molecule has 3 rings (SSSR count). The van der Waals surface area contributed by atoms with E-state index in [-0.39, 0.29) is 5.78 Å². The van der Waals surface area contributed by atoms with Crippen LogP contribution in [0.2, 0.25) is 0 Å². The SMILES string of the molecule is Cn1ccc(C(=O)c2ccc3c(c2)CCC3)n1. The summed E-state index contributed by atoms with van der Waals surface area (Å²) in [5.41, 5.74) is 3.99. The molecule has 1 aliphatic carbocycles. The summed E-state index contributed by atoms with van der Waals surface area (Å²) >= 11 is 0. The smallest absolute Gasteiger partial charge is 0.213 e. The number of fused-ring (bicyclic) bond motifs is 1. The maximum Gasteiger partial charge on any atom is 0.213 e. The van der Waals surface area contributed by atoms with Crippen LogP contribution in [0.15, 0.2) is 30.5 Å². The second kappa shape index (κ2) is 3.84. The van der Waals surface area contributed by atoms with Crippen molar-refractivity contribution in [2.75, 3.05) is 0 Å². The van der Waals surface area contributed by atoms with Gasteiger partial charge in [-0.25, -0.2) is 0 Å². The van der Waals surface area contributed by atoms with E-state index in [9.17, 15) is 4.79 Å². The fourth-order valence-electron chi connectivity index (χ4n) is 2.40. The second-order valence-electron chi connectivity index (χ2n) is 4.54. The zero-order valence-electron chi connectivity index (χ0n) is 9.81. The molecule has 3 heteroatoms. The van der Waals surface area contributed by atoms with Crippen LogP contribution >= 0.6 is 0 Å². The summed E-state index contributed by atoms with van der Waals surface area (Å²) < 4.78 is 1.65. The highest BCUT2D eigenvalue weighted by Crippen LogP contribution is 2.23. The number of carbonyl (C=O) groups excluding carboxylic acids is 1. The van der Waals surface area contributed by atoms with Crippen molar-refractivity contribution in [2.24, 2.45) is 7.05 Å². The summed E-state index contributed by atoms with van der Waals surface area (Å²) in [5.74, 6) is 0.0142. The Hall–Kier alpha value is -1.90. The van der Waals surface area contributed by atoms with Gasteiger partial charge in [-0.05, 0) is 42.5 Å². The fourth-order valence-corrected chi connectivity index (χ4v) is 2.40. The maximum absolute atomic E-state index is 12.2. The maximum atomic E-state index is 12.2. The molecule has 0 atom stereocenters. The van der Waals surface area contributed by atoms with E-state index in [1.807, 2.05) is 19.2 Å². The highest BCUT2D eigenvalue weighted by atomic mass is 16.1. The van der Waals surface area contributed by atoms with Gasteiger partial charge in [-0.15, -0.1) is 0 Å². The van der Waals surface area contributed by atoms with E-state index >= 15 is 0 Å². The molecule has 0 amide bonds. The summed E-state index contributed by atoms with van der Waals surface area (Å²) in [6, 6.07) is 7.79. The molecule has 0 fully saturated rings. The molecule has 17 heavy (non-hydrogen) atoms. The van der Waals surface area contributed by atoms with Gasteiger partial charge < -0.3 is 0 Å². The summed E-state index contributed by atoms with van der Waals surface area (Å²) in [4.78, 5) is 12.2. The molecule has 2 aromatic rings. The Balaban J connectivity index is 1.97. The largest absolute Gasteiger partial charge is 0.287 e. The molecular weight excluding hydrogens is 212 g/mol. The van der Waals surface area contributed by atoms with Gasteiger partial charge in [-0.2, -0.15) is 5.10 Å². The van der Waals surface area contributed by atoms with Gasteiger partial charge in [-0.1, -0.05) is 12.1 Å². The molecule has 1 heterocycles. The number of nitrogens with zero attached hydrogens (tertiary/aromatic N) is 2. The third-order valence-electron chi connectivity index (χ3n) is 3.31. The predicted octanol–water partition coefficient (Wildman–Crippen LogP) is 2.14. The summed E-state index contributed by atoms with van der Waals surface area (Å²) in [6.45, 7) is 0. The number of benzene rings is 1. The number of aromatic nitrogens is 2. The van der Waals surface area contributed by atoms with E-state index in [1.54, 1.807) is 16.9 Å². The Labute approximate surface area is 100 Å². The quantitative estimate of drug-likeness (QED) is 0.735. The van der Waals surface area contributed by atoms with Crippen LogP contribution in [0.5, 0.6) is 0 Å². The normalized spacial score (nSPS) is 13.7. The average Bonchev–Trinajstić information content (AvgIpc) is 2.95. The minimum Gasteiger partial charge on any atom is -0.287 e. The van der Waals surface area contributed by atoms with Crippen LogP contribution in [0.1, 0.15) is 33.6 Å². The number of hydrogen-bond donors (Lipinski definition) is 0. The van der Waals surface area contributed by atoms with E-state index in [2.05, 4.69) is 11.2 Å². The van der Waals surface area contributed by atoms with Crippen molar-refractivity contribution in [3.8, 4) is 0 Å². The fraction of sp³-hybridized carbons (Fsp3) is 0.286. The molecule has 0 bridgehead atoms. The van der Waals surface area contributed by atoms with Crippen molar-refractivity contribution >= 4 is 5.78 Å². The van der Waals surface area contributed by atoms with Crippen LogP contribution in [0.25, 0.3) is 0 Å². The highest BCUT2D eigenvalue weighted by molar-refractivity contribution is 6.07. The van der Waals surface area contributed by atoms with Crippen LogP contribution in [-0.2, 0) is 19.9 Å². The van der Waals surface area contributed by atoms with Gasteiger partial charge in [0.05, 0.1) is 0 Å². The first-order chi connectivity index (χ1) is 8.24. The van der Waals surface area contributed by atoms with Crippen LogP contribution in [0.3, 0.4) is 0 Å². The topological polar surface area (TPSA) is 34.9 Å². The summed E-state index contributed by atoms with van der Waals surface area (Å²) in [7, 11) is 1.82. The highest BCUT2D eigenvalue weighted by Gasteiger charge is 2.16. The van der Waals surface area contributed by atoms with Crippen molar-refractivity contribution in [2.45, 2.75) is 19.3 Å². The third-order valence-corrected chi connectivity index (χ3v) is 3.31. The molecule has 0 saturated heterocycles. The van der Waals surface area contributed by atoms with Crippen molar-refractivity contribution in [3.63, 3.8) is 0 Å². The minimum absolute atomic E-state index is 0.0142. The van der Waals surface area contributed by atoms with Crippen LogP contribution in [-0.4, -0.2) is 15.6 Å². The monoisotopic (exact) mass is 226 g/mol. The van der Waals surface area contributed by atoms with E-state index in [4.69, 9.17) is 0 Å². The van der Waals surface area contributed by atoms with Gasteiger partial charge in [-0.3, -0.25) is 9.48 Å². The molecule has 86 valence electrons. The van der Waals surface area contributed by atoms with Crippen molar-refractivity contribution < 1.29 is 4.79 Å². The van der Waals surface area contributed by atoms with Crippen molar-refractivity contribution in [3.05, 3.63) is 52.8 Å². The number of hydrogen-bond acceptors (Lipinski definition) is 2. The molecular formula is C14H14N2O. The third kappa shape index (κ3) is 1.78. The van der Waals surface area contributed by atoms with Gasteiger partial charge in [0.25, 0.3) is 0 Å². The van der Waals surface area contributed by atoms with E-state index in [0.717, 1.165) is 18.4 Å². The van der Waals surface area contributed by atoms with Crippen LogP contribution in [0, 0.1) is 0 Å². The lowest BCUT2D eigenvalue weighted by Gasteiger charge is -2.02. The van der Waals surface area contributed by atoms with Crippen LogP contribution < -0.4 is 0 Å². The molecule has 3 nitrogen and oxygen atoms in total. The van der Waals surface area contributed by atoms with E-state index in [0.29, 0.717) is 5.69 Å². The number of ketones is 1. The summed E-state index contributed by atoms with van der Waals surface area (Å²) in [5, 5.41) is 4.15. The Morgan fingerprint density at radius 2 is 2.06 bits per heavy atom. The lowest BCUT2D eigenvalue weighted by Crippen LogP contribution is -2.04. The molecule has 0 spiro atoms. The minimum atomic E-state index is 0.0142. The van der Waals surface area contributed by atoms with Gasteiger partial charge in [0.2, 0.25) is 5.78 Å². The lowest BCUT2D eigenvalue weighted by atomic mass is 10.0. The first-order valence-corrected chi connectivity index (χ1v) is 5.90. The van der Waals surface area contributed by atoms with Crippen molar-refractivity contribution in [1.29, 1.82) is 0 Å². The Bertz CT molecular complexity index is 584. The average molecular weight is 226 g/mol. The van der Waals surface area contributed by atoms with E-state index < -0.39 is 0 Å². The predicted molar refractivity (Wildman–Crippen MR) is 65.1 cm³/mol. The summed E-state index contributed by atoms with van der Waals surface area (Å²) in [6.07, 6.45) is 5.24. The van der Waals surface area contributed by atoms with Crippen LogP contribution in [0.4, 0.5) is 0 Å². The standard InChI is InChI=1S/C14H14N2O/c1-16-8-7-13(15-16)14(17)12-6-5-10-3-2-4-11(10)9-12/h5-9H,2-4H2,1H3. The van der Waals surface area contributed by atoms with E-state index in [1.165, 1.54) is 17.5 Å². The molecule has 0 aliphatic heterocycles. The Kier molecular flexibility index (Phi) is 2.32. The molecule has 0 saturated carbocycles. The number of aryl methyl sites for hydroxylation is 3. The first-order valence-electron chi connectivity index (χ1n) is 5.90. The number of rotatable bonds is 2. The molecule has 0 unspecified atom stereocenters. The molecule has 1 aromatic carbocycles. The zero-order valence-corrected chi connectivity index (χ0v) is 9.81. The van der Waals surface area contributed by atoms with Gasteiger partial charge in [0.1, 0.15) is 5.69 Å². The number of carbonyl (C=O) groups is 1. The Morgan fingerprint density at radius 1 is 1.24 bits per heavy atom. The molecule has 0 N–H and O–H groups in total. The second-order valence-corrected chi connectivity index (χ2v) is 4.54. The molecule has 1 aromatic heterocycles. The van der Waals surface area contributed by atoms with Gasteiger partial charge >= 0.3 is 0 Å². The lowest BCUT2D eigenvalue weighted by molar-refractivity contribution is 0.103. The van der Waals surface area contributed by atoms with Crippen molar-refractivity contribution in [1.82, 2.24) is 9.78 Å². The molecule has 1 aliphatic rings. The Morgan fingerprint density at radius 3 is 2.82 bits per heavy atom. The van der Waals surface area contributed by atoms with Gasteiger partial charge in [0.15, 0.2) is 0 Å².